The SMILES string of the molecule is C.CC(C)N1C[C@@H](C)N[C@@H](C)C1.[3H]F. The van der Waals surface area contributed by atoms with Gasteiger partial charge in [0.05, 0.1) is 0 Å². The molecule has 2 atom stereocenters. The maximum atomic E-state index is 8.75. The van der Waals surface area contributed by atoms with Crippen LogP contribution in [0.4, 0.5) is 4.72 Å². The van der Waals surface area contributed by atoms with Crippen molar-refractivity contribution in [2.75, 3.05) is 13.1 Å². The van der Waals surface area contributed by atoms with Gasteiger partial charge in [0.25, 0.3) is 1.45 Å². The highest BCUT2D eigenvalue weighted by Gasteiger charge is 2.21. The number of hydrogen-bond acceptors (Lipinski definition) is 2. The van der Waals surface area contributed by atoms with Gasteiger partial charge >= 0.3 is 0 Å². The van der Waals surface area contributed by atoms with Gasteiger partial charge in [0, 0.05) is 31.2 Å². The summed E-state index contributed by atoms with van der Waals surface area (Å²) in [5, 5.41) is 3.52. The zero-order chi connectivity index (χ0) is 10.4. The van der Waals surface area contributed by atoms with Crippen molar-refractivity contribution in [3.8, 4) is 0 Å². The molecule has 1 fully saturated rings. The predicted octanol–water partition coefficient (Wildman–Crippen LogP) is 1.87. The standard InChI is InChI=1S/C9H20N2.CH4.FH/c1-7(2)11-5-8(3)10-9(4)6-11;;/h7-10H,5-6H2,1-4H3;1H4;1H/t8-,9+;;/i/hT. The molecule has 0 aromatic heterocycles. The fraction of sp³-hybridized carbons (Fsp3) is 1.00. The summed E-state index contributed by atoms with van der Waals surface area (Å²) < 4.78 is 13.0. The predicted molar refractivity (Wildman–Crippen MR) is 58.0 cm³/mol. The third kappa shape index (κ3) is 4.58. The van der Waals surface area contributed by atoms with Gasteiger partial charge in [-0.1, -0.05) is 7.43 Å². The largest absolute Gasteiger partial charge is 0.309 e. The Morgan fingerprint density at radius 2 is 1.69 bits per heavy atom. The fourth-order valence-electron chi connectivity index (χ4n) is 1.79. The van der Waals surface area contributed by atoms with Crippen LogP contribution in [0.5, 0.6) is 0 Å². The molecule has 0 aliphatic carbocycles. The van der Waals surface area contributed by atoms with Crippen LogP contribution in [0.25, 0.3) is 0 Å². The molecule has 82 valence electrons. The highest BCUT2D eigenvalue weighted by molar-refractivity contribution is 4.82. The van der Waals surface area contributed by atoms with Crippen LogP contribution in [-0.4, -0.2) is 37.6 Å². The summed E-state index contributed by atoms with van der Waals surface area (Å²) >= 11 is 0. The molecule has 1 N–H and O–H groups in total. The van der Waals surface area contributed by atoms with Crippen molar-refractivity contribution in [3.63, 3.8) is 0 Å². The third-order valence-corrected chi connectivity index (χ3v) is 2.32. The summed E-state index contributed by atoms with van der Waals surface area (Å²) in [4.78, 5) is 2.53. The Bertz CT molecular complexity index is 123. The lowest BCUT2D eigenvalue weighted by atomic mass is 10.1. The Balaban J connectivity index is 0. The smallest absolute Gasteiger partial charge is 0.269 e. The molecule has 0 radical (unpaired) electrons. The van der Waals surface area contributed by atoms with Crippen molar-refractivity contribution >= 4 is 0 Å². The van der Waals surface area contributed by atoms with E-state index in [2.05, 4.69) is 39.4 Å². The van der Waals surface area contributed by atoms with Gasteiger partial charge in [-0.3, -0.25) is 9.62 Å². The molecule has 13 heavy (non-hydrogen) atoms. The minimum absolute atomic E-state index is 0. The van der Waals surface area contributed by atoms with E-state index < -0.39 is 0 Å². The van der Waals surface area contributed by atoms with E-state index in [0.717, 1.165) is 0 Å². The van der Waals surface area contributed by atoms with Gasteiger partial charge in [-0.05, 0) is 27.7 Å². The normalized spacial score (nSPS) is 29.8. The van der Waals surface area contributed by atoms with E-state index in [1.807, 2.05) is 0 Å². The Hall–Kier alpha value is -0.150. The first-order valence-electron chi connectivity index (χ1n) is 4.97. The number of nitrogens with one attached hydrogen (secondary N) is 1. The molecule has 0 spiro atoms. The first-order chi connectivity index (χ1) is 6.09. The number of piperazine rings is 1. The monoisotopic (exact) mass is 194 g/mol. The van der Waals surface area contributed by atoms with E-state index in [0.29, 0.717) is 18.1 Å². The second kappa shape index (κ2) is 6.33. The molecule has 1 rings (SSSR count). The highest BCUT2D eigenvalue weighted by Crippen LogP contribution is 2.07. The second-order valence-corrected chi connectivity index (χ2v) is 4.02. The van der Waals surface area contributed by atoms with Gasteiger partial charge in [-0.2, -0.15) is 0 Å². The fourth-order valence-corrected chi connectivity index (χ4v) is 1.79. The average Bonchev–Trinajstić information content (AvgIpc) is 2.06. The van der Waals surface area contributed by atoms with Crippen LogP contribution < -0.4 is 5.32 Å². The summed E-state index contributed by atoms with van der Waals surface area (Å²) in [6.07, 6.45) is 0. The summed E-state index contributed by atoms with van der Waals surface area (Å²) in [5.41, 5.74) is 0. The van der Waals surface area contributed by atoms with Gasteiger partial charge < -0.3 is 5.32 Å². The second-order valence-electron chi connectivity index (χ2n) is 4.02. The van der Waals surface area contributed by atoms with E-state index in [4.69, 9.17) is 4.72 Å². The molecule has 0 amide bonds. The van der Waals surface area contributed by atoms with E-state index in [-0.39, 0.29) is 7.43 Å². The Morgan fingerprint density at radius 3 is 2.00 bits per heavy atom. The molecule has 1 saturated heterocycles. The first-order valence-corrected chi connectivity index (χ1v) is 4.59. The van der Waals surface area contributed by atoms with Gasteiger partial charge in [-0.15, -0.1) is 0 Å². The van der Waals surface area contributed by atoms with Gasteiger partial charge in [0.15, 0.2) is 0 Å². The quantitative estimate of drug-likeness (QED) is 0.685. The van der Waals surface area contributed by atoms with Gasteiger partial charge in [-0.25, -0.2) is 0 Å². The number of hydrogen-bond donors (Lipinski definition) is 1. The lowest BCUT2D eigenvalue weighted by Gasteiger charge is -2.38. The average molecular weight is 194 g/mol. The maximum Gasteiger partial charge on any atom is 0.269 e. The Morgan fingerprint density at radius 1 is 1.31 bits per heavy atom. The summed E-state index contributed by atoms with van der Waals surface area (Å²) in [7, 11) is 0. The van der Waals surface area contributed by atoms with Crippen LogP contribution in [0.3, 0.4) is 0 Å². The van der Waals surface area contributed by atoms with Crippen LogP contribution in [0.2, 0.25) is 0 Å². The first kappa shape index (κ1) is 12.8. The molecule has 0 saturated carbocycles. The van der Waals surface area contributed by atoms with Crippen molar-refractivity contribution in [1.82, 2.24) is 10.2 Å². The van der Waals surface area contributed by atoms with Crippen LogP contribution in [-0.2, 0) is 0 Å². The lowest BCUT2D eigenvalue weighted by molar-refractivity contribution is 0.139. The number of rotatable bonds is 1. The van der Waals surface area contributed by atoms with Crippen molar-refractivity contribution in [3.05, 3.63) is 0 Å². The zero-order valence-corrected chi connectivity index (χ0v) is 8.47. The third-order valence-electron chi connectivity index (χ3n) is 2.32. The van der Waals surface area contributed by atoms with E-state index in [9.17, 15) is 0 Å². The van der Waals surface area contributed by atoms with E-state index in [1.54, 1.807) is 0 Å². The molecule has 0 unspecified atom stereocenters. The van der Waals surface area contributed by atoms with Crippen LogP contribution >= 0.6 is 0 Å². The van der Waals surface area contributed by atoms with Crippen LogP contribution in [0, 0.1) is 0 Å². The number of halogens is 1. The van der Waals surface area contributed by atoms with Gasteiger partial charge in [0.1, 0.15) is 0 Å². The highest BCUT2D eigenvalue weighted by atomic mass is 19.0. The molecule has 1 aliphatic heterocycles. The van der Waals surface area contributed by atoms with Crippen molar-refractivity contribution in [2.24, 2.45) is 0 Å². The number of nitrogens with zero attached hydrogens (tertiary/aromatic N) is 1. The lowest BCUT2D eigenvalue weighted by Crippen LogP contribution is -2.55. The molecule has 0 aromatic rings. The molecular formula is C10H25FN2. The van der Waals surface area contributed by atoms with Crippen LogP contribution in [0.1, 0.15) is 35.1 Å². The Kier molecular flexibility index (Phi) is 6.25. The van der Waals surface area contributed by atoms with E-state index >= 15 is 0 Å². The van der Waals surface area contributed by atoms with Crippen molar-refractivity contribution < 1.29 is 4.72 Å². The molecule has 1 aliphatic rings. The summed E-state index contributed by atoms with van der Waals surface area (Å²) in [6.45, 7) is 11.4. The molecule has 0 bridgehead atoms. The van der Waals surface area contributed by atoms with Crippen molar-refractivity contribution in [1.29, 1.82) is 1.45 Å². The van der Waals surface area contributed by atoms with E-state index in [1.165, 1.54) is 13.1 Å². The van der Waals surface area contributed by atoms with Gasteiger partial charge in [0.2, 0.25) is 0 Å². The van der Waals surface area contributed by atoms with Crippen molar-refractivity contribution in [2.45, 2.75) is 53.2 Å². The molecule has 0 aromatic carbocycles. The topological polar surface area (TPSA) is 15.3 Å². The molecule has 3 heteroatoms. The Labute approximate surface area is 83.6 Å². The minimum Gasteiger partial charge on any atom is -0.309 e. The van der Waals surface area contributed by atoms with Crippen LogP contribution in [0.15, 0.2) is 0 Å². The minimum atomic E-state index is 0. The maximum absolute atomic E-state index is 8.75. The zero-order valence-electron chi connectivity index (χ0n) is 9.47. The molecule has 2 nitrogen and oxygen atoms in total. The summed E-state index contributed by atoms with van der Waals surface area (Å²) in [6, 6.07) is 2.00. The summed E-state index contributed by atoms with van der Waals surface area (Å²) in [5.74, 6) is 0. The molecule has 1 heterocycles. The molecular weight excluding hydrogens is 167 g/mol.